The van der Waals surface area contributed by atoms with Gasteiger partial charge in [-0.1, -0.05) is 18.2 Å². The van der Waals surface area contributed by atoms with E-state index in [1.54, 1.807) is 0 Å². The average molecular weight is 350 g/mol. The monoisotopic (exact) mass is 349 g/mol. The van der Waals surface area contributed by atoms with Crippen molar-refractivity contribution in [3.63, 3.8) is 0 Å². The van der Waals surface area contributed by atoms with Crippen molar-refractivity contribution < 1.29 is 9.53 Å². The number of morpholine rings is 1. The summed E-state index contributed by atoms with van der Waals surface area (Å²) < 4.78 is 5.27. The summed E-state index contributed by atoms with van der Waals surface area (Å²) >= 11 is 0. The molecule has 1 aliphatic rings. The molecule has 1 fully saturated rings. The highest BCUT2D eigenvalue weighted by Crippen LogP contribution is 2.10. The van der Waals surface area contributed by atoms with Gasteiger partial charge in [-0.3, -0.25) is 4.79 Å². The van der Waals surface area contributed by atoms with Crippen molar-refractivity contribution in [1.29, 1.82) is 0 Å². The summed E-state index contributed by atoms with van der Waals surface area (Å²) in [5.41, 5.74) is 1.20. The molecule has 1 atom stereocenters. The number of ether oxygens (including phenoxy) is 1. The number of rotatable bonds is 6. The van der Waals surface area contributed by atoms with Crippen LogP contribution in [0.3, 0.4) is 0 Å². The van der Waals surface area contributed by atoms with E-state index in [-0.39, 0.29) is 36.8 Å². The maximum Gasteiger partial charge on any atom is 0.239 e. The van der Waals surface area contributed by atoms with Crippen molar-refractivity contribution in [2.45, 2.75) is 12.5 Å². The minimum Gasteiger partial charge on any atom is -0.378 e. The fourth-order valence-corrected chi connectivity index (χ4v) is 2.20. The molecule has 2 N–H and O–H groups in total. The van der Waals surface area contributed by atoms with Gasteiger partial charge >= 0.3 is 0 Å². The van der Waals surface area contributed by atoms with Crippen molar-refractivity contribution in [1.82, 2.24) is 10.6 Å². The van der Waals surface area contributed by atoms with Crippen LogP contribution in [0.2, 0.25) is 0 Å². The van der Waals surface area contributed by atoms with Gasteiger partial charge in [-0.2, -0.15) is 0 Å². The van der Waals surface area contributed by atoms with Gasteiger partial charge in [-0.05, 0) is 18.6 Å². The normalized spacial score (nSPS) is 16.9. The van der Waals surface area contributed by atoms with Gasteiger partial charge in [0, 0.05) is 32.4 Å². The molecule has 0 radical (unpaired) electrons. The van der Waals surface area contributed by atoms with Crippen molar-refractivity contribution >= 4 is 36.4 Å². The van der Waals surface area contributed by atoms with Crippen LogP contribution in [0, 0.1) is 0 Å². The first-order valence-corrected chi connectivity index (χ1v) is 7.12. The molecule has 7 heteroatoms. The largest absolute Gasteiger partial charge is 0.378 e. The van der Waals surface area contributed by atoms with Gasteiger partial charge in [-0.15, -0.1) is 24.8 Å². The van der Waals surface area contributed by atoms with E-state index in [1.165, 1.54) is 5.69 Å². The van der Waals surface area contributed by atoms with Crippen LogP contribution in [0.1, 0.15) is 6.42 Å². The number of amides is 1. The fraction of sp³-hybridized carbons (Fsp3) is 0.533. The van der Waals surface area contributed by atoms with E-state index < -0.39 is 0 Å². The van der Waals surface area contributed by atoms with Crippen molar-refractivity contribution in [2.75, 3.05) is 44.8 Å². The standard InChI is InChI=1S/C15H23N3O2.2ClH/c1-18(13-6-3-2-4-7-13)10-5-8-17-15(19)14-12-20-11-9-16-14;;/h2-4,6-7,14,16H,5,8-12H2,1H3,(H,17,19);2*1H. The molecule has 2 rings (SSSR count). The summed E-state index contributed by atoms with van der Waals surface area (Å²) in [5, 5.41) is 6.10. The Morgan fingerprint density at radius 1 is 1.36 bits per heavy atom. The Kier molecular flexibility index (Phi) is 11.0. The van der Waals surface area contributed by atoms with E-state index in [1.807, 2.05) is 18.2 Å². The summed E-state index contributed by atoms with van der Waals surface area (Å²) in [4.78, 5) is 14.0. The molecule has 0 aliphatic carbocycles. The van der Waals surface area contributed by atoms with Crippen molar-refractivity contribution in [3.8, 4) is 0 Å². The van der Waals surface area contributed by atoms with E-state index in [2.05, 4.69) is 34.7 Å². The van der Waals surface area contributed by atoms with Crippen LogP contribution in [-0.4, -0.2) is 51.8 Å². The molecule has 0 saturated carbocycles. The van der Waals surface area contributed by atoms with E-state index in [0.717, 1.165) is 19.5 Å². The topological polar surface area (TPSA) is 53.6 Å². The number of anilines is 1. The molecule has 5 nitrogen and oxygen atoms in total. The van der Waals surface area contributed by atoms with Gasteiger partial charge in [0.15, 0.2) is 0 Å². The van der Waals surface area contributed by atoms with Gasteiger partial charge in [0.05, 0.1) is 13.2 Å². The highest BCUT2D eigenvalue weighted by Gasteiger charge is 2.20. The molecule has 1 unspecified atom stereocenters. The van der Waals surface area contributed by atoms with E-state index >= 15 is 0 Å². The van der Waals surface area contributed by atoms with E-state index in [4.69, 9.17) is 4.74 Å². The number of halogens is 2. The minimum absolute atomic E-state index is 0. The molecule has 0 bridgehead atoms. The van der Waals surface area contributed by atoms with Crippen LogP contribution in [0.25, 0.3) is 0 Å². The Bertz CT molecular complexity index is 415. The number of para-hydroxylation sites is 1. The lowest BCUT2D eigenvalue weighted by atomic mass is 10.2. The zero-order valence-electron chi connectivity index (χ0n) is 12.8. The Morgan fingerprint density at radius 3 is 2.73 bits per heavy atom. The summed E-state index contributed by atoms with van der Waals surface area (Å²) in [6, 6.07) is 10.0. The first-order chi connectivity index (χ1) is 9.77. The number of benzene rings is 1. The zero-order valence-corrected chi connectivity index (χ0v) is 14.4. The molecular weight excluding hydrogens is 325 g/mol. The molecule has 0 spiro atoms. The maximum atomic E-state index is 11.8. The summed E-state index contributed by atoms with van der Waals surface area (Å²) in [7, 11) is 2.06. The lowest BCUT2D eigenvalue weighted by Crippen LogP contribution is -2.51. The summed E-state index contributed by atoms with van der Waals surface area (Å²) in [6.45, 7) is 3.50. The molecular formula is C15H25Cl2N3O2. The van der Waals surface area contributed by atoms with Crippen LogP contribution in [0.15, 0.2) is 30.3 Å². The third-order valence-electron chi connectivity index (χ3n) is 3.40. The molecule has 0 aromatic heterocycles. The fourth-order valence-electron chi connectivity index (χ4n) is 2.20. The third-order valence-corrected chi connectivity index (χ3v) is 3.40. The predicted molar refractivity (Wildman–Crippen MR) is 94.4 cm³/mol. The van der Waals surface area contributed by atoms with Crippen LogP contribution in [0.5, 0.6) is 0 Å². The van der Waals surface area contributed by atoms with Gasteiger partial charge in [-0.25, -0.2) is 0 Å². The van der Waals surface area contributed by atoms with E-state index in [9.17, 15) is 4.79 Å². The second kappa shape index (κ2) is 11.5. The average Bonchev–Trinajstić information content (AvgIpc) is 2.53. The second-order valence-corrected chi connectivity index (χ2v) is 4.98. The Morgan fingerprint density at radius 2 is 2.09 bits per heavy atom. The first-order valence-electron chi connectivity index (χ1n) is 7.12. The highest BCUT2D eigenvalue weighted by atomic mass is 35.5. The molecule has 22 heavy (non-hydrogen) atoms. The SMILES string of the molecule is CN(CCCNC(=O)C1COCCN1)c1ccccc1.Cl.Cl. The summed E-state index contributed by atoms with van der Waals surface area (Å²) in [5.74, 6) is 0.0343. The zero-order chi connectivity index (χ0) is 14.2. The van der Waals surface area contributed by atoms with Crippen LogP contribution < -0.4 is 15.5 Å². The maximum absolute atomic E-state index is 11.8. The van der Waals surface area contributed by atoms with Crippen molar-refractivity contribution in [3.05, 3.63) is 30.3 Å². The Hall–Kier alpha value is -1.01. The van der Waals surface area contributed by atoms with Gasteiger partial charge < -0.3 is 20.3 Å². The lowest BCUT2D eigenvalue weighted by molar-refractivity contribution is -0.125. The predicted octanol–water partition coefficient (Wildman–Crippen LogP) is 1.46. The number of carbonyl (C=O) groups excluding carboxylic acids is 1. The smallest absolute Gasteiger partial charge is 0.239 e. The molecule has 1 amide bonds. The number of carbonyl (C=O) groups is 1. The molecule has 1 saturated heterocycles. The first kappa shape index (κ1) is 21.0. The molecule has 1 aliphatic heterocycles. The lowest BCUT2D eigenvalue weighted by Gasteiger charge is -2.23. The highest BCUT2D eigenvalue weighted by molar-refractivity contribution is 5.85. The summed E-state index contributed by atoms with van der Waals surface area (Å²) in [6.07, 6.45) is 0.921. The Balaban J connectivity index is 0.00000220. The van der Waals surface area contributed by atoms with E-state index in [0.29, 0.717) is 19.8 Å². The number of hydrogen-bond acceptors (Lipinski definition) is 4. The number of nitrogens with one attached hydrogen (secondary N) is 2. The van der Waals surface area contributed by atoms with Gasteiger partial charge in [0.1, 0.15) is 6.04 Å². The number of nitrogens with zero attached hydrogens (tertiary/aromatic N) is 1. The molecule has 126 valence electrons. The van der Waals surface area contributed by atoms with Crippen LogP contribution >= 0.6 is 24.8 Å². The third kappa shape index (κ3) is 6.83. The number of hydrogen-bond donors (Lipinski definition) is 2. The van der Waals surface area contributed by atoms with Gasteiger partial charge in [0.25, 0.3) is 0 Å². The Labute approximate surface area is 144 Å². The van der Waals surface area contributed by atoms with Crippen molar-refractivity contribution in [2.24, 2.45) is 0 Å². The van der Waals surface area contributed by atoms with Gasteiger partial charge in [0.2, 0.25) is 5.91 Å². The minimum atomic E-state index is -0.199. The molecule has 1 aromatic carbocycles. The quantitative estimate of drug-likeness (QED) is 0.763. The van der Waals surface area contributed by atoms with Crippen LogP contribution in [-0.2, 0) is 9.53 Å². The van der Waals surface area contributed by atoms with Crippen LogP contribution in [0.4, 0.5) is 5.69 Å². The molecule has 1 aromatic rings. The second-order valence-electron chi connectivity index (χ2n) is 4.98. The molecule has 1 heterocycles.